The maximum Gasteiger partial charge on any atom is 0.123 e. The minimum absolute atomic E-state index is 0.0998. The molecular formula is C15H21FN2. The molecule has 2 nitrogen and oxygen atoms in total. The third-order valence-corrected chi connectivity index (χ3v) is 4.50. The number of benzene rings is 1. The Hall–Kier alpha value is -1.09. The molecule has 1 aromatic carbocycles. The zero-order chi connectivity index (χ0) is 12.8. The van der Waals surface area contributed by atoms with Crippen molar-refractivity contribution in [2.75, 3.05) is 24.5 Å². The molecule has 2 aliphatic heterocycles. The van der Waals surface area contributed by atoms with E-state index in [9.17, 15) is 4.39 Å². The fourth-order valence-electron chi connectivity index (χ4n) is 3.47. The van der Waals surface area contributed by atoms with Crippen LogP contribution in [-0.4, -0.2) is 25.7 Å². The number of halogens is 1. The minimum atomic E-state index is -0.0998. The van der Waals surface area contributed by atoms with E-state index in [1.165, 1.54) is 11.3 Å². The number of hydrogen-bond donors (Lipinski definition) is 1. The van der Waals surface area contributed by atoms with Gasteiger partial charge in [-0.1, -0.05) is 0 Å². The summed E-state index contributed by atoms with van der Waals surface area (Å²) in [5.41, 5.74) is 2.65. The molecule has 2 heterocycles. The van der Waals surface area contributed by atoms with Crippen molar-refractivity contribution in [1.82, 2.24) is 5.32 Å². The van der Waals surface area contributed by atoms with E-state index in [1.54, 1.807) is 12.1 Å². The van der Waals surface area contributed by atoms with Gasteiger partial charge >= 0.3 is 0 Å². The molecule has 18 heavy (non-hydrogen) atoms. The monoisotopic (exact) mass is 248 g/mol. The van der Waals surface area contributed by atoms with Crippen LogP contribution in [0.1, 0.15) is 32.3 Å². The summed E-state index contributed by atoms with van der Waals surface area (Å²) in [5, 5.41) is 3.41. The highest BCUT2D eigenvalue weighted by atomic mass is 19.1. The van der Waals surface area contributed by atoms with E-state index in [0.717, 1.165) is 32.5 Å². The lowest BCUT2D eigenvalue weighted by atomic mass is 9.75. The maximum absolute atomic E-state index is 13.6. The number of nitrogens with zero attached hydrogens (tertiary/aromatic N) is 1. The van der Waals surface area contributed by atoms with Gasteiger partial charge in [0.25, 0.3) is 0 Å². The summed E-state index contributed by atoms with van der Waals surface area (Å²) in [6, 6.07) is 5.79. The molecular weight excluding hydrogens is 227 g/mol. The molecule has 1 aromatic rings. The molecule has 1 N–H and O–H groups in total. The first kappa shape index (κ1) is 12.0. The number of piperidine rings is 1. The summed E-state index contributed by atoms with van der Waals surface area (Å²) in [6.07, 6.45) is 2.24. The van der Waals surface area contributed by atoms with Gasteiger partial charge in [0.15, 0.2) is 0 Å². The summed E-state index contributed by atoms with van der Waals surface area (Å²) in [4.78, 5) is 2.43. The van der Waals surface area contributed by atoms with Crippen molar-refractivity contribution in [2.45, 2.75) is 38.1 Å². The van der Waals surface area contributed by atoms with Crippen molar-refractivity contribution >= 4 is 5.69 Å². The first-order valence-electron chi connectivity index (χ1n) is 6.90. The van der Waals surface area contributed by atoms with E-state index in [0.29, 0.717) is 6.04 Å². The summed E-state index contributed by atoms with van der Waals surface area (Å²) in [5.74, 6) is -0.0998. The molecule has 3 rings (SSSR count). The number of hydrogen-bond acceptors (Lipinski definition) is 2. The molecule has 0 unspecified atom stereocenters. The summed E-state index contributed by atoms with van der Waals surface area (Å²) in [7, 11) is 0. The van der Waals surface area contributed by atoms with Crippen molar-refractivity contribution in [3.05, 3.63) is 29.6 Å². The Bertz CT molecular complexity index is 450. The Morgan fingerprint density at radius 2 is 2.00 bits per heavy atom. The molecule has 0 amide bonds. The molecule has 0 atom stereocenters. The lowest BCUT2D eigenvalue weighted by Crippen LogP contribution is -2.44. The average molecular weight is 248 g/mol. The molecule has 3 heteroatoms. The normalized spacial score (nSPS) is 21.7. The summed E-state index contributed by atoms with van der Waals surface area (Å²) < 4.78 is 13.6. The molecule has 1 saturated heterocycles. The van der Waals surface area contributed by atoms with E-state index in [1.807, 2.05) is 6.07 Å². The van der Waals surface area contributed by atoms with Gasteiger partial charge in [0.05, 0.1) is 0 Å². The van der Waals surface area contributed by atoms with Gasteiger partial charge in [0.2, 0.25) is 0 Å². The topological polar surface area (TPSA) is 15.3 Å². The van der Waals surface area contributed by atoms with Crippen LogP contribution in [0.15, 0.2) is 18.2 Å². The fraction of sp³-hybridized carbons (Fsp3) is 0.600. The van der Waals surface area contributed by atoms with Crippen molar-refractivity contribution in [1.29, 1.82) is 0 Å². The highest BCUT2D eigenvalue weighted by Gasteiger charge is 2.43. The number of anilines is 1. The van der Waals surface area contributed by atoms with Crippen LogP contribution in [0.3, 0.4) is 0 Å². The van der Waals surface area contributed by atoms with Crippen LogP contribution >= 0.6 is 0 Å². The van der Waals surface area contributed by atoms with Crippen molar-refractivity contribution < 1.29 is 4.39 Å². The van der Waals surface area contributed by atoms with Gasteiger partial charge in [-0.15, -0.1) is 0 Å². The van der Waals surface area contributed by atoms with E-state index in [4.69, 9.17) is 0 Å². The quantitative estimate of drug-likeness (QED) is 0.822. The number of nitrogens with one attached hydrogen (secondary N) is 1. The second-order valence-corrected chi connectivity index (χ2v) is 5.91. The first-order chi connectivity index (χ1) is 8.62. The summed E-state index contributed by atoms with van der Waals surface area (Å²) >= 11 is 0. The smallest absolute Gasteiger partial charge is 0.123 e. The molecule has 0 radical (unpaired) electrons. The van der Waals surface area contributed by atoms with Gasteiger partial charge in [0, 0.05) is 23.7 Å². The maximum atomic E-state index is 13.6. The van der Waals surface area contributed by atoms with Gasteiger partial charge in [-0.2, -0.15) is 0 Å². The molecule has 0 aliphatic carbocycles. The van der Waals surface area contributed by atoms with Crippen LogP contribution in [0.5, 0.6) is 0 Å². The second-order valence-electron chi connectivity index (χ2n) is 5.91. The van der Waals surface area contributed by atoms with Gasteiger partial charge < -0.3 is 10.2 Å². The van der Waals surface area contributed by atoms with Crippen LogP contribution in [0.2, 0.25) is 0 Å². The highest BCUT2D eigenvalue weighted by molar-refractivity contribution is 5.63. The van der Waals surface area contributed by atoms with Crippen LogP contribution < -0.4 is 10.2 Å². The molecule has 2 aliphatic rings. The minimum Gasteiger partial charge on any atom is -0.368 e. The molecule has 0 bridgehead atoms. The van der Waals surface area contributed by atoms with Crippen molar-refractivity contribution in [2.24, 2.45) is 0 Å². The van der Waals surface area contributed by atoms with Gasteiger partial charge in [0.1, 0.15) is 5.82 Å². The third-order valence-electron chi connectivity index (χ3n) is 4.50. The lowest BCUT2D eigenvalue weighted by Gasteiger charge is -2.35. The Labute approximate surface area is 108 Å². The molecule has 1 fully saturated rings. The van der Waals surface area contributed by atoms with Crippen LogP contribution in [0.4, 0.5) is 10.1 Å². The van der Waals surface area contributed by atoms with Crippen LogP contribution in [0.25, 0.3) is 0 Å². The Morgan fingerprint density at radius 3 is 2.67 bits per heavy atom. The van der Waals surface area contributed by atoms with Gasteiger partial charge in [-0.3, -0.25) is 0 Å². The number of rotatable bonds is 1. The standard InChI is InChI=1S/C15H21FN2/c1-11(2)18-10-15(5-7-17-8-6-15)13-9-12(16)3-4-14(13)18/h3-4,9,11,17H,5-8,10H2,1-2H3. The zero-order valence-corrected chi connectivity index (χ0v) is 11.2. The second kappa shape index (κ2) is 4.23. The van der Waals surface area contributed by atoms with Gasteiger partial charge in [-0.05, 0) is 63.5 Å². The predicted octanol–water partition coefficient (Wildman–Crippen LogP) is 2.68. The zero-order valence-electron chi connectivity index (χ0n) is 11.2. The van der Waals surface area contributed by atoms with Gasteiger partial charge in [-0.25, -0.2) is 4.39 Å². The average Bonchev–Trinajstić information content (AvgIpc) is 2.65. The SMILES string of the molecule is CC(C)N1CC2(CCNCC2)c2cc(F)ccc21. The molecule has 1 spiro atoms. The Kier molecular flexibility index (Phi) is 2.81. The van der Waals surface area contributed by atoms with Crippen LogP contribution in [-0.2, 0) is 5.41 Å². The Morgan fingerprint density at radius 1 is 1.28 bits per heavy atom. The van der Waals surface area contributed by atoms with E-state index >= 15 is 0 Å². The highest BCUT2D eigenvalue weighted by Crippen LogP contribution is 2.46. The number of fused-ring (bicyclic) bond motifs is 2. The van der Waals surface area contributed by atoms with E-state index < -0.39 is 0 Å². The molecule has 98 valence electrons. The predicted molar refractivity (Wildman–Crippen MR) is 72.7 cm³/mol. The van der Waals surface area contributed by atoms with Crippen molar-refractivity contribution in [3.63, 3.8) is 0 Å². The Balaban J connectivity index is 2.07. The van der Waals surface area contributed by atoms with E-state index in [-0.39, 0.29) is 11.2 Å². The lowest BCUT2D eigenvalue weighted by molar-refractivity contribution is 0.321. The summed E-state index contributed by atoms with van der Waals surface area (Å²) in [6.45, 7) is 7.56. The third kappa shape index (κ3) is 1.72. The largest absolute Gasteiger partial charge is 0.368 e. The van der Waals surface area contributed by atoms with Crippen molar-refractivity contribution in [3.8, 4) is 0 Å². The van der Waals surface area contributed by atoms with E-state index in [2.05, 4.69) is 24.1 Å². The molecule has 0 aromatic heterocycles. The fourth-order valence-corrected chi connectivity index (χ4v) is 3.47. The molecule has 0 saturated carbocycles. The van der Waals surface area contributed by atoms with Crippen LogP contribution in [0, 0.1) is 5.82 Å². The first-order valence-corrected chi connectivity index (χ1v) is 6.90.